The number of halogens is 1. The molecule has 0 atom stereocenters. The lowest BCUT2D eigenvalue weighted by molar-refractivity contribution is 0.0997. The average Bonchev–Trinajstić information content (AvgIpc) is 2.78. The third-order valence-corrected chi connectivity index (χ3v) is 2.43. The van der Waals surface area contributed by atoms with E-state index in [0.29, 0.717) is 16.9 Å². The lowest BCUT2D eigenvalue weighted by Gasteiger charge is -2.06. The van der Waals surface area contributed by atoms with Crippen molar-refractivity contribution in [3.8, 4) is 6.07 Å². The lowest BCUT2D eigenvalue weighted by Crippen LogP contribution is -2.12. The molecule has 1 amide bonds. The van der Waals surface area contributed by atoms with E-state index in [1.807, 2.05) is 6.07 Å². The molecule has 1 heterocycles. The molecule has 2 rings (SSSR count). The van der Waals surface area contributed by atoms with Gasteiger partial charge in [0.2, 0.25) is 0 Å². The van der Waals surface area contributed by atoms with Gasteiger partial charge in [-0.05, 0) is 41.9 Å². The molecular weight excluding hydrogens is 254 g/mol. The number of nitrogen functional groups attached to an aromatic ring is 1. The molecule has 0 bridgehead atoms. The number of carbonyl (C=O) groups excluding carboxylic acids is 1. The number of nitrogens with zero attached hydrogens (tertiary/aromatic N) is 1. The third-order valence-electron chi connectivity index (χ3n) is 2.23. The van der Waals surface area contributed by atoms with Crippen LogP contribution in [0.1, 0.15) is 16.1 Å². The van der Waals surface area contributed by atoms with Crippen molar-refractivity contribution in [1.82, 2.24) is 0 Å². The Morgan fingerprint density at radius 2 is 2.17 bits per heavy atom. The Morgan fingerprint density at radius 1 is 1.39 bits per heavy atom. The monoisotopic (exact) mass is 261 g/mol. The van der Waals surface area contributed by atoms with Gasteiger partial charge in [-0.15, -0.1) is 0 Å². The van der Waals surface area contributed by atoms with Crippen molar-refractivity contribution in [3.63, 3.8) is 0 Å². The van der Waals surface area contributed by atoms with Crippen molar-refractivity contribution in [2.75, 3.05) is 11.1 Å². The number of anilines is 2. The maximum absolute atomic E-state index is 11.8. The van der Waals surface area contributed by atoms with Gasteiger partial charge in [0, 0.05) is 0 Å². The molecule has 0 unspecified atom stereocenters. The molecule has 18 heavy (non-hydrogen) atoms. The Hall–Kier alpha value is -2.45. The predicted octanol–water partition coefficient (Wildman–Crippen LogP) is 2.64. The average molecular weight is 262 g/mol. The predicted molar refractivity (Wildman–Crippen MR) is 67.2 cm³/mol. The summed E-state index contributed by atoms with van der Waals surface area (Å²) in [7, 11) is 0. The van der Waals surface area contributed by atoms with Crippen LogP contribution in [0.5, 0.6) is 0 Å². The number of nitrogens with two attached hydrogens (primary N) is 1. The summed E-state index contributed by atoms with van der Waals surface area (Å²) in [5.41, 5.74) is 6.84. The first-order valence-electron chi connectivity index (χ1n) is 4.96. The van der Waals surface area contributed by atoms with Crippen molar-refractivity contribution < 1.29 is 9.21 Å². The zero-order valence-electron chi connectivity index (χ0n) is 9.11. The molecule has 0 aliphatic heterocycles. The highest BCUT2D eigenvalue weighted by Gasteiger charge is 2.12. The molecule has 1 aromatic heterocycles. The van der Waals surface area contributed by atoms with Crippen LogP contribution >= 0.6 is 11.6 Å². The number of furan rings is 1. The fraction of sp³-hybridized carbons (Fsp3) is 0. The first kappa shape index (κ1) is 12.0. The minimum absolute atomic E-state index is 0.0868. The molecule has 3 N–H and O–H groups in total. The molecule has 0 saturated carbocycles. The standard InChI is InChI=1S/C12H8ClN3O2/c13-11-4-3-10(18-11)12(17)16-9-2-1-7(6-14)5-8(9)15/h1-5H,15H2,(H,16,17). The zero-order chi connectivity index (χ0) is 13.1. The molecule has 6 heteroatoms. The van der Waals surface area contributed by atoms with E-state index in [1.165, 1.54) is 18.2 Å². The Morgan fingerprint density at radius 3 is 2.72 bits per heavy atom. The molecule has 0 aliphatic carbocycles. The second kappa shape index (κ2) is 4.82. The third kappa shape index (κ3) is 2.44. The second-order valence-electron chi connectivity index (χ2n) is 3.47. The molecule has 2 aromatic rings. The minimum atomic E-state index is -0.460. The van der Waals surface area contributed by atoms with Crippen LogP contribution in [0.3, 0.4) is 0 Å². The molecule has 90 valence electrons. The Kier molecular flexibility index (Phi) is 3.22. The highest BCUT2D eigenvalue weighted by atomic mass is 35.5. The number of hydrogen-bond donors (Lipinski definition) is 2. The van der Waals surface area contributed by atoms with Crippen molar-refractivity contribution in [2.45, 2.75) is 0 Å². The van der Waals surface area contributed by atoms with E-state index in [2.05, 4.69) is 5.32 Å². The van der Waals surface area contributed by atoms with E-state index in [4.69, 9.17) is 27.0 Å². The van der Waals surface area contributed by atoms with E-state index in [-0.39, 0.29) is 11.0 Å². The maximum atomic E-state index is 11.8. The minimum Gasteiger partial charge on any atom is -0.440 e. The number of nitrogens with one attached hydrogen (secondary N) is 1. The van der Waals surface area contributed by atoms with Gasteiger partial charge in [0.15, 0.2) is 11.0 Å². The first-order chi connectivity index (χ1) is 8.60. The summed E-state index contributed by atoms with van der Waals surface area (Å²) < 4.78 is 4.96. The summed E-state index contributed by atoms with van der Waals surface area (Å²) in [4.78, 5) is 11.8. The normalized spacial score (nSPS) is 9.78. The van der Waals surface area contributed by atoms with Gasteiger partial charge < -0.3 is 15.5 Å². The van der Waals surface area contributed by atoms with Gasteiger partial charge in [-0.2, -0.15) is 5.26 Å². The van der Waals surface area contributed by atoms with Crippen LogP contribution in [-0.4, -0.2) is 5.91 Å². The van der Waals surface area contributed by atoms with Crippen LogP contribution in [-0.2, 0) is 0 Å². The molecular formula is C12H8ClN3O2. The summed E-state index contributed by atoms with van der Waals surface area (Å²) in [5.74, 6) is -0.373. The van der Waals surface area contributed by atoms with Crippen LogP contribution < -0.4 is 11.1 Å². The molecule has 0 aliphatic rings. The van der Waals surface area contributed by atoms with Crippen molar-refractivity contribution in [2.24, 2.45) is 0 Å². The number of hydrogen-bond acceptors (Lipinski definition) is 4. The van der Waals surface area contributed by atoms with E-state index < -0.39 is 5.91 Å². The highest BCUT2D eigenvalue weighted by Crippen LogP contribution is 2.21. The van der Waals surface area contributed by atoms with Gasteiger partial charge in [-0.1, -0.05) is 0 Å². The van der Waals surface area contributed by atoms with Crippen LogP contribution in [0.15, 0.2) is 34.7 Å². The number of nitriles is 1. The van der Waals surface area contributed by atoms with Crippen LogP contribution in [0.2, 0.25) is 5.22 Å². The highest BCUT2D eigenvalue weighted by molar-refractivity contribution is 6.29. The van der Waals surface area contributed by atoms with E-state index in [9.17, 15) is 4.79 Å². The fourth-order valence-corrected chi connectivity index (χ4v) is 1.51. The fourth-order valence-electron chi connectivity index (χ4n) is 1.37. The Bertz CT molecular complexity index is 643. The number of amides is 1. The second-order valence-corrected chi connectivity index (χ2v) is 3.84. The summed E-state index contributed by atoms with van der Waals surface area (Å²) in [5, 5.41) is 11.4. The summed E-state index contributed by atoms with van der Waals surface area (Å²) in [6, 6.07) is 9.47. The lowest BCUT2D eigenvalue weighted by atomic mass is 10.2. The molecule has 0 saturated heterocycles. The van der Waals surface area contributed by atoms with Gasteiger partial charge in [-0.3, -0.25) is 4.79 Å². The van der Waals surface area contributed by atoms with Crippen LogP contribution in [0, 0.1) is 11.3 Å². The molecule has 1 aromatic carbocycles. The van der Waals surface area contributed by atoms with E-state index >= 15 is 0 Å². The Labute approximate surface area is 108 Å². The molecule has 0 fully saturated rings. The van der Waals surface area contributed by atoms with Crippen LogP contribution in [0.25, 0.3) is 0 Å². The largest absolute Gasteiger partial charge is 0.440 e. The molecule has 0 radical (unpaired) electrons. The number of carbonyl (C=O) groups is 1. The van der Waals surface area contributed by atoms with E-state index in [0.717, 1.165) is 0 Å². The van der Waals surface area contributed by atoms with Crippen molar-refractivity contribution in [1.29, 1.82) is 5.26 Å². The number of benzene rings is 1. The topological polar surface area (TPSA) is 92.0 Å². The smallest absolute Gasteiger partial charge is 0.291 e. The summed E-state index contributed by atoms with van der Waals surface area (Å²) in [6.07, 6.45) is 0. The number of rotatable bonds is 2. The van der Waals surface area contributed by atoms with Gasteiger partial charge >= 0.3 is 0 Å². The van der Waals surface area contributed by atoms with Gasteiger partial charge in [-0.25, -0.2) is 0 Å². The molecule has 0 spiro atoms. The van der Waals surface area contributed by atoms with E-state index in [1.54, 1.807) is 12.1 Å². The van der Waals surface area contributed by atoms with Crippen molar-refractivity contribution in [3.05, 3.63) is 46.9 Å². The van der Waals surface area contributed by atoms with Crippen LogP contribution in [0.4, 0.5) is 11.4 Å². The first-order valence-corrected chi connectivity index (χ1v) is 5.34. The summed E-state index contributed by atoms with van der Waals surface area (Å²) in [6.45, 7) is 0. The van der Waals surface area contributed by atoms with Gasteiger partial charge in [0.05, 0.1) is 23.0 Å². The summed E-state index contributed by atoms with van der Waals surface area (Å²) >= 11 is 5.57. The van der Waals surface area contributed by atoms with Gasteiger partial charge in [0.25, 0.3) is 5.91 Å². The molecule has 5 nitrogen and oxygen atoms in total. The zero-order valence-corrected chi connectivity index (χ0v) is 9.86. The van der Waals surface area contributed by atoms with Crippen molar-refractivity contribution >= 4 is 28.9 Å². The quantitative estimate of drug-likeness (QED) is 0.813. The Balaban J connectivity index is 2.20. The maximum Gasteiger partial charge on any atom is 0.291 e. The SMILES string of the molecule is N#Cc1ccc(NC(=O)c2ccc(Cl)o2)c(N)c1. The van der Waals surface area contributed by atoms with Gasteiger partial charge in [0.1, 0.15) is 0 Å².